The fourth-order valence-corrected chi connectivity index (χ4v) is 2.84. The summed E-state index contributed by atoms with van der Waals surface area (Å²) in [6.45, 7) is 6.11. The summed E-state index contributed by atoms with van der Waals surface area (Å²) >= 11 is 0. The van der Waals surface area contributed by atoms with E-state index in [2.05, 4.69) is 5.32 Å². The smallest absolute Gasteiger partial charge is 0.279 e. The van der Waals surface area contributed by atoms with Gasteiger partial charge >= 0.3 is 0 Å². The second kappa shape index (κ2) is 8.91. The van der Waals surface area contributed by atoms with Crippen molar-refractivity contribution in [3.8, 4) is 0 Å². The van der Waals surface area contributed by atoms with Gasteiger partial charge in [-0.1, -0.05) is 6.07 Å². The summed E-state index contributed by atoms with van der Waals surface area (Å²) in [6.07, 6.45) is 0. The summed E-state index contributed by atoms with van der Waals surface area (Å²) in [4.78, 5) is 47.4. The minimum absolute atomic E-state index is 0.00784. The summed E-state index contributed by atoms with van der Waals surface area (Å²) in [6, 6.07) is 8.05. The number of carbonyl (C=O) groups is 2. The van der Waals surface area contributed by atoms with Gasteiger partial charge in [-0.05, 0) is 39.0 Å². The van der Waals surface area contributed by atoms with Gasteiger partial charge in [-0.2, -0.15) is 0 Å². The molecule has 10 nitrogen and oxygen atoms in total. The summed E-state index contributed by atoms with van der Waals surface area (Å²) in [5.41, 5.74) is -0.595. The van der Waals surface area contributed by atoms with Gasteiger partial charge in [-0.25, -0.2) is 0 Å². The third-order valence-corrected chi connectivity index (χ3v) is 4.44. The number of hydrogen-bond donors (Lipinski definition) is 1. The summed E-state index contributed by atoms with van der Waals surface area (Å²) < 4.78 is 0. The fourth-order valence-electron chi connectivity index (χ4n) is 2.84. The number of carbonyl (C=O) groups excluding carboxylic acids is 2. The van der Waals surface area contributed by atoms with E-state index in [1.807, 2.05) is 13.8 Å². The van der Waals surface area contributed by atoms with Crippen molar-refractivity contribution in [1.29, 1.82) is 0 Å². The van der Waals surface area contributed by atoms with Crippen molar-refractivity contribution in [2.75, 3.05) is 18.4 Å². The molecule has 0 heterocycles. The highest BCUT2D eigenvalue weighted by Crippen LogP contribution is 2.28. The lowest BCUT2D eigenvalue weighted by atomic mass is 10.0. The number of non-ortho nitro benzene ring substituents is 1. The molecule has 0 aliphatic heterocycles. The monoisotopic (exact) mass is 400 g/mol. The zero-order chi connectivity index (χ0) is 21.7. The molecule has 0 atom stereocenters. The van der Waals surface area contributed by atoms with Crippen molar-refractivity contribution in [2.24, 2.45) is 0 Å². The van der Waals surface area contributed by atoms with E-state index in [0.29, 0.717) is 24.3 Å². The van der Waals surface area contributed by atoms with Crippen LogP contribution in [0, 0.1) is 27.2 Å². The highest BCUT2D eigenvalue weighted by Gasteiger charge is 2.25. The number of nitrogens with zero attached hydrogens (tertiary/aromatic N) is 3. The predicted molar refractivity (Wildman–Crippen MR) is 106 cm³/mol. The predicted octanol–water partition coefficient (Wildman–Crippen LogP) is 3.55. The second-order valence-corrected chi connectivity index (χ2v) is 6.16. The van der Waals surface area contributed by atoms with Crippen LogP contribution in [0.15, 0.2) is 36.4 Å². The summed E-state index contributed by atoms with van der Waals surface area (Å²) in [5, 5.41) is 24.8. The maximum Gasteiger partial charge on any atom is 0.279 e. The third-order valence-electron chi connectivity index (χ3n) is 4.44. The normalized spacial score (nSPS) is 10.3. The number of amides is 2. The Morgan fingerprint density at radius 2 is 1.69 bits per heavy atom. The first-order chi connectivity index (χ1) is 13.7. The quantitative estimate of drug-likeness (QED) is 0.557. The van der Waals surface area contributed by atoms with Crippen LogP contribution < -0.4 is 5.32 Å². The van der Waals surface area contributed by atoms with Crippen molar-refractivity contribution >= 4 is 28.9 Å². The molecule has 2 amide bonds. The first kappa shape index (κ1) is 21.5. The van der Waals surface area contributed by atoms with Gasteiger partial charge < -0.3 is 10.2 Å². The maximum absolute atomic E-state index is 12.7. The number of anilines is 1. The Bertz CT molecular complexity index is 985. The van der Waals surface area contributed by atoms with Crippen molar-refractivity contribution in [1.82, 2.24) is 4.90 Å². The minimum Gasteiger partial charge on any atom is -0.339 e. The number of hydrogen-bond acceptors (Lipinski definition) is 6. The summed E-state index contributed by atoms with van der Waals surface area (Å²) in [7, 11) is 0. The zero-order valence-corrected chi connectivity index (χ0v) is 16.2. The van der Waals surface area contributed by atoms with Crippen LogP contribution >= 0.6 is 0 Å². The molecule has 0 bridgehead atoms. The molecule has 0 fully saturated rings. The molecule has 0 aliphatic carbocycles. The topological polar surface area (TPSA) is 136 Å². The Morgan fingerprint density at radius 1 is 1.03 bits per heavy atom. The van der Waals surface area contributed by atoms with Crippen LogP contribution in [0.5, 0.6) is 0 Å². The van der Waals surface area contributed by atoms with Crippen LogP contribution in [0.1, 0.15) is 40.1 Å². The molecule has 0 radical (unpaired) electrons. The molecule has 0 aliphatic rings. The highest BCUT2D eigenvalue weighted by molar-refractivity contribution is 6.07. The molecule has 2 rings (SSSR count). The first-order valence-electron chi connectivity index (χ1n) is 8.83. The lowest BCUT2D eigenvalue weighted by molar-refractivity contribution is -0.394. The van der Waals surface area contributed by atoms with Crippen LogP contribution in [-0.2, 0) is 0 Å². The van der Waals surface area contributed by atoms with E-state index in [0.717, 1.165) is 12.1 Å². The van der Waals surface area contributed by atoms with Gasteiger partial charge in [0.1, 0.15) is 0 Å². The van der Waals surface area contributed by atoms with Crippen LogP contribution in [0.3, 0.4) is 0 Å². The average molecular weight is 400 g/mol. The Kier molecular flexibility index (Phi) is 6.60. The largest absolute Gasteiger partial charge is 0.339 e. The Labute approximate surface area is 166 Å². The Hall–Kier alpha value is -3.82. The lowest BCUT2D eigenvalue weighted by Gasteiger charge is -2.19. The fraction of sp³-hybridized carbons (Fsp3) is 0.263. The van der Waals surface area contributed by atoms with Crippen molar-refractivity contribution in [3.05, 3.63) is 73.3 Å². The highest BCUT2D eigenvalue weighted by atomic mass is 16.6. The first-order valence-corrected chi connectivity index (χ1v) is 8.83. The molecule has 0 spiro atoms. The number of nitro groups is 2. The van der Waals surface area contributed by atoms with Gasteiger partial charge in [0.25, 0.3) is 23.2 Å². The van der Waals surface area contributed by atoms with E-state index in [9.17, 15) is 29.8 Å². The molecule has 152 valence electrons. The van der Waals surface area contributed by atoms with Gasteiger partial charge in [-0.15, -0.1) is 0 Å². The lowest BCUT2D eigenvalue weighted by Crippen LogP contribution is -2.30. The van der Waals surface area contributed by atoms with Crippen molar-refractivity contribution in [2.45, 2.75) is 20.8 Å². The number of nitro benzene ring substituents is 2. The van der Waals surface area contributed by atoms with Crippen molar-refractivity contribution < 1.29 is 19.4 Å². The molecule has 2 aromatic carbocycles. The molecule has 10 heteroatoms. The van der Waals surface area contributed by atoms with Gasteiger partial charge in [0.2, 0.25) is 0 Å². The van der Waals surface area contributed by atoms with Gasteiger partial charge in [0.05, 0.1) is 21.5 Å². The van der Waals surface area contributed by atoms with Gasteiger partial charge in [0.15, 0.2) is 0 Å². The summed E-state index contributed by atoms with van der Waals surface area (Å²) in [5.74, 6) is -0.949. The molecule has 0 aromatic heterocycles. The molecular formula is C19H20N4O6. The van der Waals surface area contributed by atoms with E-state index in [1.54, 1.807) is 23.1 Å². The molecule has 0 unspecified atom stereocenters. The van der Waals surface area contributed by atoms with E-state index in [4.69, 9.17) is 0 Å². The zero-order valence-electron chi connectivity index (χ0n) is 16.2. The SMILES string of the molecule is CCN(CC)C(=O)c1cccc(NC(=O)c2cc([N+](=O)[O-])cc([N+](=O)[O-])c2C)c1. The van der Waals surface area contributed by atoms with E-state index in [-0.39, 0.29) is 17.0 Å². The Balaban J connectivity index is 2.38. The number of benzene rings is 2. The minimum atomic E-state index is -0.799. The van der Waals surface area contributed by atoms with E-state index in [1.165, 1.54) is 13.0 Å². The van der Waals surface area contributed by atoms with Crippen LogP contribution in [0.25, 0.3) is 0 Å². The maximum atomic E-state index is 12.7. The van der Waals surface area contributed by atoms with Crippen LogP contribution in [0.4, 0.5) is 17.1 Å². The van der Waals surface area contributed by atoms with Gasteiger partial charge in [-0.3, -0.25) is 29.8 Å². The van der Waals surface area contributed by atoms with Crippen LogP contribution in [0.2, 0.25) is 0 Å². The standard InChI is InChI=1S/C19H20N4O6/c1-4-21(5-2)19(25)13-7-6-8-14(9-13)20-18(24)16-10-15(22(26)27)11-17(12(16)3)23(28)29/h6-11H,4-5H2,1-3H3,(H,20,24). The second-order valence-electron chi connectivity index (χ2n) is 6.16. The van der Waals surface area contributed by atoms with Crippen LogP contribution in [-0.4, -0.2) is 39.7 Å². The molecule has 0 saturated carbocycles. The Morgan fingerprint density at radius 3 is 2.24 bits per heavy atom. The average Bonchev–Trinajstić information content (AvgIpc) is 2.68. The molecule has 2 aromatic rings. The molecule has 29 heavy (non-hydrogen) atoms. The molecular weight excluding hydrogens is 380 g/mol. The van der Waals surface area contributed by atoms with E-state index >= 15 is 0 Å². The third kappa shape index (κ3) is 4.72. The van der Waals surface area contributed by atoms with Crippen molar-refractivity contribution in [3.63, 3.8) is 0 Å². The molecule has 0 saturated heterocycles. The number of nitrogens with one attached hydrogen (secondary N) is 1. The van der Waals surface area contributed by atoms with E-state index < -0.39 is 27.1 Å². The molecule has 1 N–H and O–H groups in total. The van der Waals surface area contributed by atoms with Gasteiger partial charge in [0, 0.05) is 36.0 Å². The number of rotatable bonds is 7.